The van der Waals surface area contributed by atoms with E-state index in [1.807, 2.05) is 30.2 Å². The van der Waals surface area contributed by atoms with Gasteiger partial charge in [-0.2, -0.15) is 5.10 Å². The first-order valence-electron chi connectivity index (χ1n) is 8.64. The van der Waals surface area contributed by atoms with Crippen molar-refractivity contribution in [3.63, 3.8) is 0 Å². The molecule has 0 unspecified atom stereocenters. The van der Waals surface area contributed by atoms with Crippen LogP contribution in [0.25, 0.3) is 0 Å². The van der Waals surface area contributed by atoms with Crippen molar-refractivity contribution in [1.29, 1.82) is 0 Å². The predicted molar refractivity (Wildman–Crippen MR) is 92.1 cm³/mol. The Kier molecular flexibility index (Phi) is 5.65. The molecule has 2 aromatic rings. The molecule has 1 amide bonds. The van der Waals surface area contributed by atoms with Gasteiger partial charge in [-0.15, -0.1) is 0 Å². The standard InChI is InChI=1S/C18H24N4O3/c1-14-4-11-22(20-14)12-7-18(24)21-9-5-16(23)17(6-10-21)25-15-3-2-8-19-13-15/h2-4,8,11,13,16-17,23H,5-7,9-10,12H2,1H3/t16-,17-/m0/s1. The summed E-state index contributed by atoms with van der Waals surface area (Å²) in [6.07, 6.45) is 5.80. The molecule has 0 bridgehead atoms. The molecule has 25 heavy (non-hydrogen) atoms. The molecule has 2 atom stereocenters. The molecule has 134 valence electrons. The monoisotopic (exact) mass is 344 g/mol. The third-order valence-corrected chi connectivity index (χ3v) is 4.41. The van der Waals surface area contributed by atoms with Crippen LogP contribution in [-0.2, 0) is 11.3 Å². The van der Waals surface area contributed by atoms with Crippen LogP contribution in [0.5, 0.6) is 5.75 Å². The number of rotatable bonds is 5. The molecule has 1 aliphatic heterocycles. The fourth-order valence-electron chi connectivity index (χ4n) is 3.00. The Bertz CT molecular complexity index is 689. The molecule has 0 radical (unpaired) electrons. The molecule has 7 heteroatoms. The minimum atomic E-state index is -0.591. The van der Waals surface area contributed by atoms with Crippen LogP contribution >= 0.6 is 0 Å². The first kappa shape index (κ1) is 17.4. The van der Waals surface area contributed by atoms with Crippen LogP contribution < -0.4 is 4.74 Å². The Morgan fingerprint density at radius 1 is 1.36 bits per heavy atom. The van der Waals surface area contributed by atoms with E-state index in [0.29, 0.717) is 44.6 Å². The summed E-state index contributed by atoms with van der Waals surface area (Å²) in [5.41, 5.74) is 0.945. The van der Waals surface area contributed by atoms with E-state index in [9.17, 15) is 9.90 Å². The zero-order valence-corrected chi connectivity index (χ0v) is 14.4. The van der Waals surface area contributed by atoms with E-state index in [0.717, 1.165) is 5.69 Å². The van der Waals surface area contributed by atoms with Crippen LogP contribution in [0.3, 0.4) is 0 Å². The molecule has 0 spiro atoms. The Hall–Kier alpha value is -2.41. The maximum absolute atomic E-state index is 12.5. The Morgan fingerprint density at radius 2 is 2.20 bits per heavy atom. The van der Waals surface area contributed by atoms with Crippen molar-refractivity contribution in [2.75, 3.05) is 13.1 Å². The van der Waals surface area contributed by atoms with Gasteiger partial charge in [0.25, 0.3) is 0 Å². The summed E-state index contributed by atoms with van der Waals surface area (Å²) in [6, 6.07) is 5.54. The fraction of sp³-hybridized carbons (Fsp3) is 0.500. The summed E-state index contributed by atoms with van der Waals surface area (Å²) in [6.45, 7) is 3.63. The second kappa shape index (κ2) is 8.11. The molecular weight excluding hydrogens is 320 g/mol. The van der Waals surface area contributed by atoms with Crippen LogP contribution in [-0.4, -0.2) is 56.0 Å². The molecule has 1 aliphatic rings. The Labute approximate surface area is 147 Å². The minimum Gasteiger partial charge on any atom is -0.486 e. The van der Waals surface area contributed by atoms with Crippen LogP contribution in [0.15, 0.2) is 36.8 Å². The molecule has 1 saturated heterocycles. The lowest BCUT2D eigenvalue weighted by molar-refractivity contribution is -0.131. The molecular formula is C18H24N4O3. The number of likely N-dealkylation sites (tertiary alicyclic amines) is 1. The van der Waals surface area contributed by atoms with E-state index in [1.165, 1.54) is 0 Å². The molecule has 1 fully saturated rings. The third kappa shape index (κ3) is 4.79. The number of aliphatic hydroxyl groups excluding tert-OH is 1. The van der Waals surface area contributed by atoms with E-state index >= 15 is 0 Å². The number of carbonyl (C=O) groups is 1. The molecule has 0 saturated carbocycles. The molecule has 0 aliphatic carbocycles. The topological polar surface area (TPSA) is 80.5 Å². The van der Waals surface area contributed by atoms with Gasteiger partial charge in [0, 0.05) is 44.9 Å². The number of ether oxygens (including phenoxy) is 1. The van der Waals surface area contributed by atoms with Crippen molar-refractivity contribution in [3.05, 3.63) is 42.5 Å². The van der Waals surface area contributed by atoms with E-state index in [-0.39, 0.29) is 12.0 Å². The number of pyridine rings is 1. The number of nitrogens with zero attached hydrogens (tertiary/aromatic N) is 4. The third-order valence-electron chi connectivity index (χ3n) is 4.41. The van der Waals surface area contributed by atoms with Gasteiger partial charge in [0.15, 0.2) is 0 Å². The normalized spacial score (nSPS) is 21.0. The van der Waals surface area contributed by atoms with Crippen molar-refractivity contribution in [1.82, 2.24) is 19.7 Å². The van der Waals surface area contributed by atoms with E-state index in [4.69, 9.17) is 4.74 Å². The van der Waals surface area contributed by atoms with Crippen molar-refractivity contribution in [2.24, 2.45) is 0 Å². The summed E-state index contributed by atoms with van der Waals surface area (Å²) in [5.74, 6) is 0.725. The van der Waals surface area contributed by atoms with E-state index in [2.05, 4.69) is 10.1 Å². The van der Waals surface area contributed by atoms with Gasteiger partial charge in [0.2, 0.25) is 5.91 Å². The maximum Gasteiger partial charge on any atom is 0.224 e. The lowest BCUT2D eigenvalue weighted by atomic mass is 10.1. The minimum absolute atomic E-state index is 0.0855. The largest absolute Gasteiger partial charge is 0.486 e. The first-order chi connectivity index (χ1) is 12.1. The van der Waals surface area contributed by atoms with Gasteiger partial charge in [-0.05, 0) is 31.5 Å². The van der Waals surface area contributed by atoms with Gasteiger partial charge in [0.05, 0.1) is 18.0 Å². The number of carbonyl (C=O) groups excluding carboxylic acids is 1. The first-order valence-corrected chi connectivity index (χ1v) is 8.64. The van der Waals surface area contributed by atoms with Crippen molar-refractivity contribution >= 4 is 5.91 Å². The van der Waals surface area contributed by atoms with Crippen LogP contribution in [0.2, 0.25) is 0 Å². The van der Waals surface area contributed by atoms with Crippen LogP contribution in [0, 0.1) is 6.92 Å². The zero-order valence-electron chi connectivity index (χ0n) is 14.4. The molecule has 3 rings (SSSR count). The van der Waals surface area contributed by atoms with Gasteiger partial charge in [-0.1, -0.05) is 0 Å². The van der Waals surface area contributed by atoms with Crippen LogP contribution in [0.4, 0.5) is 0 Å². The molecule has 0 aromatic carbocycles. The van der Waals surface area contributed by atoms with E-state index in [1.54, 1.807) is 23.1 Å². The SMILES string of the molecule is Cc1ccn(CCC(=O)N2CC[C@H](Oc3cccnc3)[C@@H](O)CC2)n1. The van der Waals surface area contributed by atoms with Crippen molar-refractivity contribution < 1.29 is 14.6 Å². The summed E-state index contributed by atoms with van der Waals surface area (Å²) < 4.78 is 7.63. The second-order valence-electron chi connectivity index (χ2n) is 6.34. The number of aryl methyl sites for hydroxylation is 2. The second-order valence-corrected chi connectivity index (χ2v) is 6.34. The van der Waals surface area contributed by atoms with Crippen LogP contribution in [0.1, 0.15) is 25.0 Å². The Morgan fingerprint density at radius 3 is 2.92 bits per heavy atom. The predicted octanol–water partition coefficient (Wildman–Crippen LogP) is 1.41. The highest BCUT2D eigenvalue weighted by atomic mass is 16.5. The number of hydrogen-bond acceptors (Lipinski definition) is 5. The van der Waals surface area contributed by atoms with Gasteiger partial charge in [-0.25, -0.2) is 0 Å². The van der Waals surface area contributed by atoms with E-state index < -0.39 is 6.10 Å². The summed E-state index contributed by atoms with van der Waals surface area (Å²) in [5, 5.41) is 14.6. The average molecular weight is 344 g/mol. The summed E-state index contributed by atoms with van der Waals surface area (Å²) in [7, 11) is 0. The van der Waals surface area contributed by atoms with Crippen molar-refractivity contribution in [3.8, 4) is 5.75 Å². The summed E-state index contributed by atoms with van der Waals surface area (Å²) >= 11 is 0. The molecule has 2 aromatic heterocycles. The lowest BCUT2D eigenvalue weighted by Gasteiger charge is -2.21. The Balaban J connectivity index is 1.52. The van der Waals surface area contributed by atoms with Gasteiger partial charge in [-0.3, -0.25) is 14.5 Å². The molecule has 1 N–H and O–H groups in total. The zero-order chi connectivity index (χ0) is 17.6. The highest BCUT2D eigenvalue weighted by Crippen LogP contribution is 2.19. The highest BCUT2D eigenvalue weighted by Gasteiger charge is 2.28. The number of aromatic nitrogens is 3. The average Bonchev–Trinajstić information content (AvgIpc) is 2.95. The smallest absolute Gasteiger partial charge is 0.224 e. The number of hydrogen-bond donors (Lipinski definition) is 1. The quantitative estimate of drug-likeness (QED) is 0.887. The van der Waals surface area contributed by atoms with Crippen molar-refractivity contribution in [2.45, 2.75) is 44.9 Å². The summed E-state index contributed by atoms with van der Waals surface area (Å²) in [4.78, 5) is 18.3. The van der Waals surface area contributed by atoms with Gasteiger partial charge >= 0.3 is 0 Å². The highest BCUT2D eigenvalue weighted by molar-refractivity contribution is 5.76. The fourth-order valence-corrected chi connectivity index (χ4v) is 3.00. The van der Waals surface area contributed by atoms with Gasteiger partial charge in [0.1, 0.15) is 11.9 Å². The van der Waals surface area contributed by atoms with Gasteiger partial charge < -0.3 is 14.7 Å². The molecule has 7 nitrogen and oxygen atoms in total. The number of amides is 1. The number of aliphatic hydroxyl groups is 1. The lowest BCUT2D eigenvalue weighted by Crippen LogP contribution is -2.33. The molecule has 3 heterocycles. The maximum atomic E-state index is 12.5.